The number of Topliss-reactive ketones (excluding diaryl/α,β-unsaturated/α-hetero) is 1. The highest BCUT2D eigenvalue weighted by Gasteiger charge is 2.43. The molecule has 1 unspecified atom stereocenters. The number of benzene rings is 1. The van der Waals surface area contributed by atoms with E-state index >= 15 is 0 Å². The predicted molar refractivity (Wildman–Crippen MR) is 84.8 cm³/mol. The Balaban J connectivity index is 2.34. The van der Waals surface area contributed by atoms with Crippen molar-refractivity contribution in [1.82, 2.24) is 5.32 Å². The molecule has 1 aliphatic heterocycles. The third-order valence-corrected chi connectivity index (χ3v) is 4.51. The number of hydrogen-bond acceptors (Lipinski definition) is 2. The van der Waals surface area contributed by atoms with Gasteiger partial charge in [-0.1, -0.05) is 44.0 Å². The molecule has 110 valence electrons. The first-order valence-electron chi connectivity index (χ1n) is 6.94. The summed E-state index contributed by atoms with van der Waals surface area (Å²) in [5.41, 5.74) is 0.445. The molecule has 2 rings (SSSR count). The van der Waals surface area contributed by atoms with E-state index in [9.17, 15) is 4.79 Å². The molecule has 1 N–H and O–H groups in total. The molecule has 0 bridgehead atoms. The maximum absolute atomic E-state index is 13.0. The van der Waals surface area contributed by atoms with Crippen LogP contribution in [0.4, 0.5) is 0 Å². The van der Waals surface area contributed by atoms with Gasteiger partial charge in [0.05, 0.1) is 10.0 Å². The van der Waals surface area contributed by atoms with Gasteiger partial charge < -0.3 is 5.32 Å². The zero-order chi connectivity index (χ0) is 15.0. The summed E-state index contributed by atoms with van der Waals surface area (Å²) in [6.45, 7) is 8.16. The largest absolute Gasteiger partial charge is 0.316 e. The minimum atomic E-state index is -0.324. The van der Waals surface area contributed by atoms with Crippen LogP contribution < -0.4 is 5.32 Å². The van der Waals surface area contributed by atoms with Gasteiger partial charge in [-0.2, -0.15) is 0 Å². The van der Waals surface area contributed by atoms with Gasteiger partial charge in [-0.3, -0.25) is 4.79 Å². The fourth-order valence-corrected chi connectivity index (χ4v) is 3.43. The Morgan fingerprint density at radius 1 is 1.30 bits per heavy atom. The number of carbonyl (C=O) groups is 1. The number of rotatable bonds is 3. The van der Waals surface area contributed by atoms with E-state index in [1.807, 2.05) is 0 Å². The third-order valence-electron chi connectivity index (χ3n) is 3.78. The molecule has 1 aromatic rings. The molecule has 0 aliphatic carbocycles. The molecule has 1 saturated heterocycles. The molecule has 4 heteroatoms. The van der Waals surface area contributed by atoms with Crippen LogP contribution in [0.15, 0.2) is 18.2 Å². The van der Waals surface area contributed by atoms with Gasteiger partial charge in [0.25, 0.3) is 0 Å². The van der Waals surface area contributed by atoms with E-state index < -0.39 is 0 Å². The van der Waals surface area contributed by atoms with Crippen molar-refractivity contribution < 1.29 is 4.79 Å². The Kier molecular flexibility index (Phi) is 4.48. The number of ketones is 1. The molecular formula is C16H21Cl2NO. The van der Waals surface area contributed by atoms with Gasteiger partial charge >= 0.3 is 0 Å². The highest BCUT2D eigenvalue weighted by molar-refractivity contribution is 6.42. The summed E-state index contributed by atoms with van der Waals surface area (Å²) in [6, 6.07) is 5.17. The molecule has 1 aromatic carbocycles. The Morgan fingerprint density at radius 3 is 2.50 bits per heavy atom. The van der Waals surface area contributed by atoms with Crippen molar-refractivity contribution in [1.29, 1.82) is 0 Å². The molecule has 0 saturated carbocycles. The van der Waals surface area contributed by atoms with E-state index in [0.29, 0.717) is 15.6 Å². The summed E-state index contributed by atoms with van der Waals surface area (Å²) >= 11 is 12.0. The first-order chi connectivity index (χ1) is 9.23. The smallest absolute Gasteiger partial charge is 0.170 e. The Bertz CT molecular complexity index is 514. The summed E-state index contributed by atoms with van der Waals surface area (Å²) in [6.07, 6.45) is 1.75. The lowest BCUT2D eigenvalue weighted by molar-refractivity contribution is 0.0739. The van der Waals surface area contributed by atoms with E-state index in [4.69, 9.17) is 23.2 Å². The zero-order valence-electron chi connectivity index (χ0n) is 12.2. The quantitative estimate of drug-likeness (QED) is 0.827. The fourth-order valence-electron chi connectivity index (χ4n) is 3.13. The van der Waals surface area contributed by atoms with E-state index in [1.165, 1.54) is 0 Å². The molecule has 0 spiro atoms. The van der Waals surface area contributed by atoms with Crippen molar-refractivity contribution >= 4 is 29.0 Å². The second-order valence-electron chi connectivity index (χ2n) is 6.90. The summed E-state index contributed by atoms with van der Waals surface area (Å²) in [5, 5.41) is 4.26. The third kappa shape index (κ3) is 3.36. The van der Waals surface area contributed by atoms with Crippen molar-refractivity contribution in [3.8, 4) is 0 Å². The first-order valence-corrected chi connectivity index (χ1v) is 7.70. The van der Waals surface area contributed by atoms with Crippen molar-refractivity contribution in [3.05, 3.63) is 33.8 Å². The molecule has 1 atom stereocenters. The minimum Gasteiger partial charge on any atom is -0.316 e. The maximum atomic E-state index is 13.0. The van der Waals surface area contributed by atoms with Crippen molar-refractivity contribution in [2.24, 2.45) is 10.8 Å². The van der Waals surface area contributed by atoms with Crippen LogP contribution in [0.3, 0.4) is 0 Å². The summed E-state index contributed by atoms with van der Waals surface area (Å²) in [7, 11) is 0. The van der Waals surface area contributed by atoms with E-state index in [1.54, 1.807) is 18.2 Å². The van der Waals surface area contributed by atoms with E-state index in [-0.39, 0.29) is 16.6 Å². The van der Waals surface area contributed by atoms with Crippen LogP contribution >= 0.6 is 23.2 Å². The van der Waals surface area contributed by atoms with Crippen LogP contribution in [-0.4, -0.2) is 18.9 Å². The van der Waals surface area contributed by atoms with Gasteiger partial charge in [-0.25, -0.2) is 0 Å². The van der Waals surface area contributed by atoms with E-state index in [0.717, 1.165) is 25.9 Å². The lowest BCUT2D eigenvalue weighted by Gasteiger charge is -2.33. The summed E-state index contributed by atoms with van der Waals surface area (Å²) in [5.74, 6) is 0.177. The lowest BCUT2D eigenvalue weighted by atomic mass is 9.69. The zero-order valence-corrected chi connectivity index (χ0v) is 13.7. The average Bonchev–Trinajstić information content (AvgIpc) is 2.79. The van der Waals surface area contributed by atoms with Crippen molar-refractivity contribution in [3.63, 3.8) is 0 Å². The van der Waals surface area contributed by atoms with Crippen LogP contribution in [-0.2, 0) is 0 Å². The summed E-state index contributed by atoms with van der Waals surface area (Å²) in [4.78, 5) is 13.0. The van der Waals surface area contributed by atoms with Crippen molar-refractivity contribution in [2.75, 3.05) is 13.1 Å². The lowest BCUT2D eigenvalue weighted by Crippen LogP contribution is -2.37. The number of nitrogens with one attached hydrogen (secondary N) is 1. The Morgan fingerprint density at radius 2 is 2.00 bits per heavy atom. The Labute approximate surface area is 130 Å². The normalized spacial score (nSPS) is 23.1. The van der Waals surface area contributed by atoms with Crippen LogP contribution in [0.1, 0.15) is 44.0 Å². The van der Waals surface area contributed by atoms with Crippen LogP contribution in [0.25, 0.3) is 0 Å². The van der Waals surface area contributed by atoms with E-state index in [2.05, 4.69) is 26.1 Å². The Hall–Kier alpha value is -0.570. The number of hydrogen-bond donors (Lipinski definition) is 1. The number of halogens is 2. The second-order valence-corrected chi connectivity index (χ2v) is 7.72. The van der Waals surface area contributed by atoms with Gasteiger partial charge in [-0.05, 0) is 43.0 Å². The maximum Gasteiger partial charge on any atom is 0.170 e. The number of carbonyl (C=O) groups excluding carboxylic acids is 1. The molecular weight excluding hydrogens is 293 g/mol. The SMILES string of the molecule is CC(C)(C)CC1(C(=O)c2ccc(Cl)c(Cl)c2)CCNC1. The molecule has 0 aromatic heterocycles. The van der Waals surface area contributed by atoms with Gasteiger partial charge in [0.15, 0.2) is 5.78 Å². The molecule has 0 radical (unpaired) electrons. The van der Waals surface area contributed by atoms with Crippen LogP contribution in [0.5, 0.6) is 0 Å². The molecule has 1 heterocycles. The van der Waals surface area contributed by atoms with Crippen LogP contribution in [0.2, 0.25) is 10.0 Å². The predicted octanol–water partition coefficient (Wildman–Crippen LogP) is 4.59. The monoisotopic (exact) mass is 313 g/mol. The highest BCUT2D eigenvalue weighted by atomic mass is 35.5. The molecule has 20 heavy (non-hydrogen) atoms. The fraction of sp³-hybridized carbons (Fsp3) is 0.562. The summed E-state index contributed by atoms with van der Waals surface area (Å²) < 4.78 is 0. The highest BCUT2D eigenvalue weighted by Crippen LogP contribution is 2.41. The van der Waals surface area contributed by atoms with Gasteiger partial charge in [0, 0.05) is 17.5 Å². The minimum absolute atomic E-state index is 0.109. The standard InChI is InChI=1S/C16H21Cl2NO/c1-15(2,3)9-16(6-7-19-10-16)14(20)11-4-5-12(17)13(18)8-11/h4-5,8,19H,6-7,9-10H2,1-3H3. The van der Waals surface area contributed by atoms with Crippen molar-refractivity contribution in [2.45, 2.75) is 33.6 Å². The van der Waals surface area contributed by atoms with Gasteiger partial charge in [0.1, 0.15) is 0 Å². The average molecular weight is 314 g/mol. The molecule has 1 fully saturated rings. The molecule has 2 nitrogen and oxygen atoms in total. The topological polar surface area (TPSA) is 29.1 Å². The van der Waals surface area contributed by atoms with Gasteiger partial charge in [0.2, 0.25) is 0 Å². The van der Waals surface area contributed by atoms with Gasteiger partial charge in [-0.15, -0.1) is 0 Å². The second kappa shape index (κ2) is 5.67. The van der Waals surface area contributed by atoms with Crippen LogP contribution in [0, 0.1) is 10.8 Å². The molecule has 0 amide bonds. The molecule has 1 aliphatic rings. The first kappa shape index (κ1) is 15.8.